The van der Waals surface area contributed by atoms with E-state index in [0.29, 0.717) is 0 Å². The van der Waals surface area contributed by atoms with E-state index in [1.54, 1.807) is 0 Å². The Hall–Kier alpha value is -0.350. The van der Waals surface area contributed by atoms with Gasteiger partial charge in [0.05, 0.1) is 0 Å². The first-order valence-electron chi connectivity index (χ1n) is 3.41. The SMILES string of the molecule is C=C/C(C)=C(\C=C)CCP. The fourth-order valence-electron chi connectivity index (χ4n) is 0.747. The first-order valence-corrected chi connectivity index (χ1v) is 4.22. The van der Waals surface area contributed by atoms with Gasteiger partial charge in [-0.3, -0.25) is 0 Å². The van der Waals surface area contributed by atoms with Crippen molar-refractivity contribution < 1.29 is 0 Å². The Labute approximate surface area is 65.9 Å². The molecule has 0 fully saturated rings. The predicted octanol–water partition coefficient (Wildman–Crippen LogP) is 2.94. The molecule has 10 heavy (non-hydrogen) atoms. The lowest BCUT2D eigenvalue weighted by Crippen LogP contribution is -1.83. The van der Waals surface area contributed by atoms with Crippen LogP contribution in [0.5, 0.6) is 0 Å². The summed E-state index contributed by atoms with van der Waals surface area (Å²) in [5.74, 6) is 0. The van der Waals surface area contributed by atoms with Crippen molar-refractivity contribution in [3.05, 3.63) is 36.5 Å². The third kappa shape index (κ3) is 2.98. The van der Waals surface area contributed by atoms with E-state index in [1.807, 2.05) is 12.2 Å². The van der Waals surface area contributed by atoms with Gasteiger partial charge in [0.25, 0.3) is 0 Å². The standard InChI is InChI=1S/C9H15P/c1-4-8(3)9(5-2)6-7-10/h4-5H,1-2,6-7,10H2,3H3/b9-8+. The summed E-state index contributed by atoms with van der Waals surface area (Å²) >= 11 is 0. The molecule has 0 amide bonds. The lowest BCUT2D eigenvalue weighted by Gasteiger charge is -2.00. The molecule has 0 saturated carbocycles. The Balaban J connectivity index is 4.28. The van der Waals surface area contributed by atoms with E-state index in [1.165, 1.54) is 11.1 Å². The van der Waals surface area contributed by atoms with Crippen LogP contribution in [0, 0.1) is 0 Å². The van der Waals surface area contributed by atoms with Crippen molar-refractivity contribution in [2.45, 2.75) is 13.3 Å². The molecule has 0 aliphatic heterocycles. The van der Waals surface area contributed by atoms with Crippen LogP contribution in [-0.4, -0.2) is 6.16 Å². The molecule has 1 atom stereocenters. The van der Waals surface area contributed by atoms with E-state index >= 15 is 0 Å². The fourth-order valence-corrected chi connectivity index (χ4v) is 1.06. The minimum Gasteiger partial charge on any atom is -0.137 e. The van der Waals surface area contributed by atoms with Crippen molar-refractivity contribution in [3.8, 4) is 0 Å². The summed E-state index contributed by atoms with van der Waals surface area (Å²) in [4.78, 5) is 0. The van der Waals surface area contributed by atoms with Crippen molar-refractivity contribution in [2.24, 2.45) is 0 Å². The second-order valence-corrected chi connectivity index (χ2v) is 2.73. The zero-order valence-corrected chi connectivity index (χ0v) is 7.72. The topological polar surface area (TPSA) is 0 Å². The average Bonchev–Trinajstić information content (AvgIpc) is 1.99. The van der Waals surface area contributed by atoms with Crippen LogP contribution in [0.3, 0.4) is 0 Å². The maximum Gasteiger partial charge on any atom is -0.0242 e. The van der Waals surface area contributed by atoms with E-state index < -0.39 is 0 Å². The molecule has 56 valence electrons. The van der Waals surface area contributed by atoms with Gasteiger partial charge in [0, 0.05) is 0 Å². The summed E-state index contributed by atoms with van der Waals surface area (Å²) in [5.41, 5.74) is 2.53. The van der Waals surface area contributed by atoms with E-state index in [4.69, 9.17) is 0 Å². The molecule has 0 aromatic heterocycles. The predicted molar refractivity (Wildman–Crippen MR) is 52.3 cm³/mol. The largest absolute Gasteiger partial charge is 0.137 e. The van der Waals surface area contributed by atoms with Crippen molar-refractivity contribution in [3.63, 3.8) is 0 Å². The molecule has 0 aromatic carbocycles. The third-order valence-corrected chi connectivity index (χ3v) is 1.76. The van der Waals surface area contributed by atoms with Gasteiger partial charge < -0.3 is 0 Å². The molecule has 0 heterocycles. The van der Waals surface area contributed by atoms with Crippen LogP contribution < -0.4 is 0 Å². The lowest BCUT2D eigenvalue weighted by molar-refractivity contribution is 1.14. The molecule has 0 nitrogen and oxygen atoms in total. The summed E-state index contributed by atoms with van der Waals surface area (Å²) < 4.78 is 0. The van der Waals surface area contributed by atoms with Gasteiger partial charge in [-0.2, -0.15) is 0 Å². The highest BCUT2D eigenvalue weighted by Crippen LogP contribution is 2.11. The van der Waals surface area contributed by atoms with Crippen molar-refractivity contribution in [2.75, 3.05) is 6.16 Å². The highest BCUT2D eigenvalue weighted by molar-refractivity contribution is 7.16. The normalized spacial score (nSPS) is 12.2. The molecule has 0 rings (SSSR count). The van der Waals surface area contributed by atoms with Crippen LogP contribution in [0.1, 0.15) is 13.3 Å². The van der Waals surface area contributed by atoms with Crippen LogP contribution in [0.2, 0.25) is 0 Å². The maximum atomic E-state index is 3.73. The van der Waals surface area contributed by atoms with Gasteiger partial charge in [-0.05, 0) is 30.7 Å². The van der Waals surface area contributed by atoms with Gasteiger partial charge in [-0.25, -0.2) is 0 Å². The van der Waals surface area contributed by atoms with Crippen molar-refractivity contribution in [1.82, 2.24) is 0 Å². The molecule has 1 unspecified atom stereocenters. The molecule has 0 aliphatic rings. The Bertz CT molecular complexity index is 154. The van der Waals surface area contributed by atoms with Gasteiger partial charge in [-0.1, -0.05) is 25.3 Å². The number of allylic oxidation sites excluding steroid dienone is 4. The van der Waals surface area contributed by atoms with Gasteiger partial charge in [0.15, 0.2) is 0 Å². The third-order valence-electron chi connectivity index (χ3n) is 1.47. The Kier molecular flexibility index (Phi) is 5.25. The van der Waals surface area contributed by atoms with Crippen LogP contribution in [0.15, 0.2) is 36.5 Å². The molecule has 1 heteroatoms. The molecule has 0 aliphatic carbocycles. The molecule has 0 radical (unpaired) electrons. The smallest absolute Gasteiger partial charge is 0.0242 e. The highest BCUT2D eigenvalue weighted by Gasteiger charge is 1.92. The Morgan fingerprint density at radius 3 is 2.30 bits per heavy atom. The summed E-state index contributed by atoms with van der Waals surface area (Å²) in [6.45, 7) is 9.49. The maximum absolute atomic E-state index is 3.73. The summed E-state index contributed by atoms with van der Waals surface area (Å²) in [7, 11) is 2.70. The second-order valence-electron chi connectivity index (χ2n) is 2.16. The van der Waals surface area contributed by atoms with Gasteiger partial charge >= 0.3 is 0 Å². The van der Waals surface area contributed by atoms with Crippen LogP contribution in [0.25, 0.3) is 0 Å². The monoisotopic (exact) mass is 154 g/mol. The zero-order chi connectivity index (χ0) is 7.98. The second kappa shape index (κ2) is 5.44. The fraction of sp³-hybridized carbons (Fsp3) is 0.333. The van der Waals surface area contributed by atoms with Crippen molar-refractivity contribution >= 4 is 9.24 Å². The average molecular weight is 154 g/mol. The zero-order valence-electron chi connectivity index (χ0n) is 6.56. The molecule has 0 aromatic rings. The van der Waals surface area contributed by atoms with Gasteiger partial charge in [0.1, 0.15) is 0 Å². The molecular weight excluding hydrogens is 139 g/mol. The number of hydrogen-bond donors (Lipinski definition) is 0. The first-order chi connectivity index (χ1) is 4.76. The molecule has 0 saturated heterocycles. The molecular formula is C9H15P. The quantitative estimate of drug-likeness (QED) is 0.431. The minimum absolute atomic E-state index is 1.08. The summed E-state index contributed by atoms with van der Waals surface area (Å²) in [6.07, 6.45) is 5.94. The lowest BCUT2D eigenvalue weighted by atomic mass is 10.1. The summed E-state index contributed by atoms with van der Waals surface area (Å²) in [5, 5.41) is 0. The van der Waals surface area contributed by atoms with E-state index in [2.05, 4.69) is 29.3 Å². The van der Waals surface area contributed by atoms with E-state index in [9.17, 15) is 0 Å². The van der Waals surface area contributed by atoms with E-state index in [-0.39, 0.29) is 0 Å². The van der Waals surface area contributed by atoms with E-state index in [0.717, 1.165) is 12.6 Å². The highest BCUT2D eigenvalue weighted by atomic mass is 31.0. The molecule has 0 bridgehead atoms. The van der Waals surface area contributed by atoms with Gasteiger partial charge in [0.2, 0.25) is 0 Å². The van der Waals surface area contributed by atoms with Gasteiger partial charge in [-0.15, -0.1) is 9.24 Å². The Morgan fingerprint density at radius 2 is 2.00 bits per heavy atom. The Morgan fingerprint density at radius 1 is 1.40 bits per heavy atom. The molecule has 0 spiro atoms. The molecule has 0 N–H and O–H groups in total. The minimum atomic E-state index is 1.08. The summed E-state index contributed by atoms with van der Waals surface area (Å²) in [6, 6.07) is 0. The van der Waals surface area contributed by atoms with Crippen LogP contribution >= 0.6 is 9.24 Å². The van der Waals surface area contributed by atoms with Crippen molar-refractivity contribution in [1.29, 1.82) is 0 Å². The van der Waals surface area contributed by atoms with Crippen LogP contribution in [-0.2, 0) is 0 Å². The number of rotatable bonds is 4. The first kappa shape index (κ1) is 9.65. The van der Waals surface area contributed by atoms with Crippen LogP contribution in [0.4, 0.5) is 0 Å². The number of hydrogen-bond acceptors (Lipinski definition) is 0.